The van der Waals surface area contributed by atoms with E-state index >= 15 is 0 Å². The molecule has 4 rings (SSSR count). The fraction of sp³-hybridized carbons (Fsp3) is 0.273. The molecule has 0 radical (unpaired) electrons. The van der Waals surface area contributed by atoms with E-state index < -0.39 is 17.8 Å². The van der Waals surface area contributed by atoms with Crippen molar-refractivity contribution in [3.8, 4) is 5.88 Å². The Labute approximate surface area is 163 Å². The van der Waals surface area contributed by atoms with Crippen molar-refractivity contribution in [3.63, 3.8) is 0 Å². The van der Waals surface area contributed by atoms with Gasteiger partial charge in [-0.05, 0) is 48.6 Å². The number of aromatic hydroxyl groups is 1. The molecule has 144 valence electrons. The molecule has 0 aliphatic heterocycles. The first kappa shape index (κ1) is 18.1. The lowest BCUT2D eigenvalue weighted by Crippen LogP contribution is -2.19. The summed E-state index contributed by atoms with van der Waals surface area (Å²) in [5.74, 6) is -0.478. The summed E-state index contributed by atoms with van der Waals surface area (Å²) in [7, 11) is 0. The molecule has 4 N–H and O–H groups in total. The number of primary amides is 1. The SMILES string of the molecule is NC(=O)n1c(O)c(C(=O)Nc2ccccc2)c2cc(C3CCCCC3)ccc21. The van der Waals surface area contributed by atoms with Gasteiger partial charge in [-0.2, -0.15) is 0 Å². The van der Waals surface area contributed by atoms with Crippen molar-refractivity contribution in [1.82, 2.24) is 4.57 Å². The summed E-state index contributed by atoms with van der Waals surface area (Å²) in [6.07, 6.45) is 5.86. The minimum Gasteiger partial charge on any atom is -0.494 e. The zero-order valence-corrected chi connectivity index (χ0v) is 15.5. The van der Waals surface area contributed by atoms with E-state index in [0.29, 0.717) is 22.5 Å². The van der Waals surface area contributed by atoms with Gasteiger partial charge in [0.2, 0.25) is 5.88 Å². The second-order valence-electron chi connectivity index (χ2n) is 7.30. The van der Waals surface area contributed by atoms with Crippen LogP contribution in [0.5, 0.6) is 5.88 Å². The highest BCUT2D eigenvalue weighted by Gasteiger charge is 2.26. The molecular formula is C22H23N3O3. The van der Waals surface area contributed by atoms with Crippen molar-refractivity contribution in [1.29, 1.82) is 0 Å². The van der Waals surface area contributed by atoms with E-state index in [1.165, 1.54) is 19.3 Å². The molecular weight excluding hydrogens is 354 g/mol. The highest BCUT2D eigenvalue weighted by molar-refractivity contribution is 6.16. The second kappa shape index (κ2) is 7.38. The number of anilines is 1. The van der Waals surface area contributed by atoms with Crippen LogP contribution in [0.2, 0.25) is 0 Å². The van der Waals surface area contributed by atoms with E-state index in [-0.39, 0.29) is 5.56 Å². The first-order chi connectivity index (χ1) is 13.6. The third-order valence-electron chi connectivity index (χ3n) is 5.52. The van der Waals surface area contributed by atoms with Gasteiger partial charge in [-0.15, -0.1) is 0 Å². The van der Waals surface area contributed by atoms with Crippen LogP contribution in [-0.2, 0) is 0 Å². The minimum atomic E-state index is -0.827. The van der Waals surface area contributed by atoms with Crippen LogP contribution in [-0.4, -0.2) is 21.6 Å². The highest BCUT2D eigenvalue weighted by atomic mass is 16.3. The number of aromatic nitrogens is 1. The van der Waals surface area contributed by atoms with Crippen molar-refractivity contribution >= 4 is 28.5 Å². The van der Waals surface area contributed by atoms with Gasteiger partial charge in [-0.25, -0.2) is 9.36 Å². The molecule has 28 heavy (non-hydrogen) atoms. The maximum Gasteiger partial charge on any atom is 0.326 e. The number of fused-ring (bicyclic) bond motifs is 1. The molecule has 1 aliphatic rings. The molecule has 1 fully saturated rings. The standard InChI is InChI=1S/C22H23N3O3/c23-22(28)25-18-12-11-15(14-7-3-1-4-8-14)13-17(18)19(21(25)27)20(26)24-16-9-5-2-6-10-16/h2,5-6,9-14,27H,1,3-4,7-8H2,(H2,23,28)(H,24,26). The number of benzene rings is 2. The largest absolute Gasteiger partial charge is 0.494 e. The molecule has 0 saturated heterocycles. The van der Waals surface area contributed by atoms with Crippen LogP contribution in [0.1, 0.15) is 53.9 Å². The van der Waals surface area contributed by atoms with Gasteiger partial charge in [0, 0.05) is 11.1 Å². The fourth-order valence-electron chi connectivity index (χ4n) is 4.15. The predicted molar refractivity (Wildman–Crippen MR) is 109 cm³/mol. The number of hydrogen-bond acceptors (Lipinski definition) is 3. The Morgan fingerprint density at radius 2 is 1.75 bits per heavy atom. The molecule has 3 aromatic rings. The molecule has 1 aromatic heterocycles. The molecule has 0 atom stereocenters. The lowest BCUT2D eigenvalue weighted by atomic mass is 9.83. The molecule has 1 heterocycles. The minimum absolute atomic E-state index is 0.0651. The number of nitrogens with one attached hydrogen (secondary N) is 1. The van der Waals surface area contributed by atoms with E-state index in [1.807, 2.05) is 30.3 Å². The highest BCUT2D eigenvalue weighted by Crippen LogP contribution is 2.37. The summed E-state index contributed by atoms with van der Waals surface area (Å²) in [5.41, 5.74) is 7.69. The maximum absolute atomic E-state index is 12.9. The topological polar surface area (TPSA) is 97.3 Å². The monoisotopic (exact) mass is 377 g/mol. The Bertz CT molecular complexity index is 1030. The Morgan fingerprint density at radius 3 is 2.43 bits per heavy atom. The Balaban J connectivity index is 1.81. The fourth-order valence-corrected chi connectivity index (χ4v) is 4.15. The maximum atomic E-state index is 12.9. The lowest BCUT2D eigenvalue weighted by Gasteiger charge is -2.22. The third-order valence-corrected chi connectivity index (χ3v) is 5.52. The van der Waals surface area contributed by atoms with Crippen molar-refractivity contribution in [3.05, 3.63) is 59.7 Å². The molecule has 0 unspecified atom stereocenters. The van der Waals surface area contributed by atoms with Crippen LogP contribution in [0.25, 0.3) is 10.9 Å². The number of para-hydroxylation sites is 1. The molecule has 6 heteroatoms. The molecule has 2 aromatic carbocycles. The first-order valence-corrected chi connectivity index (χ1v) is 9.60. The third kappa shape index (κ3) is 3.22. The number of amides is 2. The van der Waals surface area contributed by atoms with E-state index in [9.17, 15) is 14.7 Å². The first-order valence-electron chi connectivity index (χ1n) is 9.60. The van der Waals surface area contributed by atoms with Crippen LogP contribution in [0.3, 0.4) is 0 Å². The van der Waals surface area contributed by atoms with Gasteiger partial charge >= 0.3 is 6.03 Å². The molecule has 0 bridgehead atoms. The number of rotatable bonds is 3. The number of nitrogens with zero attached hydrogens (tertiary/aromatic N) is 1. The number of nitrogens with two attached hydrogens (primary N) is 1. The molecule has 6 nitrogen and oxygen atoms in total. The summed E-state index contributed by atoms with van der Waals surface area (Å²) >= 11 is 0. The van der Waals surface area contributed by atoms with E-state index in [1.54, 1.807) is 18.2 Å². The summed E-state index contributed by atoms with van der Waals surface area (Å²) < 4.78 is 0.986. The van der Waals surface area contributed by atoms with Gasteiger partial charge in [-0.3, -0.25) is 4.79 Å². The van der Waals surface area contributed by atoms with Crippen LogP contribution < -0.4 is 11.1 Å². The summed E-state index contributed by atoms with van der Waals surface area (Å²) in [6.45, 7) is 0. The van der Waals surface area contributed by atoms with Gasteiger partial charge in [-0.1, -0.05) is 43.5 Å². The zero-order chi connectivity index (χ0) is 19.7. The number of carbonyl (C=O) groups is 2. The predicted octanol–water partition coefficient (Wildman–Crippen LogP) is 4.57. The molecule has 1 aliphatic carbocycles. The van der Waals surface area contributed by atoms with Crippen molar-refractivity contribution in [2.24, 2.45) is 5.73 Å². The number of carbonyl (C=O) groups excluding carboxylic acids is 2. The number of hydrogen-bond donors (Lipinski definition) is 3. The van der Waals surface area contributed by atoms with Crippen LogP contribution in [0, 0.1) is 0 Å². The van der Waals surface area contributed by atoms with Crippen molar-refractivity contribution < 1.29 is 14.7 Å². The van der Waals surface area contributed by atoms with Crippen molar-refractivity contribution in [2.75, 3.05) is 5.32 Å². The Morgan fingerprint density at radius 1 is 1.04 bits per heavy atom. The smallest absolute Gasteiger partial charge is 0.326 e. The molecule has 1 saturated carbocycles. The Hall–Kier alpha value is -3.28. The van der Waals surface area contributed by atoms with Crippen molar-refractivity contribution in [2.45, 2.75) is 38.0 Å². The Kier molecular flexibility index (Phi) is 4.77. The van der Waals surface area contributed by atoms with Gasteiger partial charge in [0.25, 0.3) is 5.91 Å². The van der Waals surface area contributed by atoms with Crippen LogP contribution >= 0.6 is 0 Å². The molecule has 2 amide bonds. The summed E-state index contributed by atoms with van der Waals surface area (Å²) in [5, 5.41) is 13.9. The quantitative estimate of drug-likeness (QED) is 0.623. The van der Waals surface area contributed by atoms with Gasteiger partial charge in [0.15, 0.2) is 0 Å². The molecule has 0 spiro atoms. The van der Waals surface area contributed by atoms with Gasteiger partial charge < -0.3 is 16.2 Å². The normalized spacial score (nSPS) is 14.9. The average Bonchev–Trinajstić information content (AvgIpc) is 3.00. The lowest BCUT2D eigenvalue weighted by molar-refractivity contribution is 0.102. The van der Waals surface area contributed by atoms with E-state index in [4.69, 9.17) is 5.73 Å². The van der Waals surface area contributed by atoms with Gasteiger partial charge in [0.05, 0.1) is 5.52 Å². The summed E-state index contributed by atoms with van der Waals surface area (Å²) in [4.78, 5) is 24.8. The van der Waals surface area contributed by atoms with Gasteiger partial charge in [0.1, 0.15) is 5.56 Å². The van der Waals surface area contributed by atoms with E-state index in [2.05, 4.69) is 5.32 Å². The zero-order valence-electron chi connectivity index (χ0n) is 15.5. The van der Waals surface area contributed by atoms with Crippen LogP contribution in [0.4, 0.5) is 10.5 Å². The van der Waals surface area contributed by atoms with Crippen LogP contribution in [0.15, 0.2) is 48.5 Å². The van der Waals surface area contributed by atoms with E-state index in [0.717, 1.165) is 23.0 Å². The summed E-state index contributed by atoms with van der Waals surface area (Å²) in [6, 6.07) is 13.8. The second-order valence-corrected chi connectivity index (χ2v) is 7.30. The average molecular weight is 377 g/mol.